The van der Waals surface area contributed by atoms with Gasteiger partial charge in [-0.1, -0.05) is 23.2 Å². The maximum atomic E-state index is 11.5. The van der Waals surface area contributed by atoms with E-state index in [1.165, 1.54) is 4.90 Å². The van der Waals surface area contributed by atoms with Gasteiger partial charge in [-0.2, -0.15) is 0 Å². The van der Waals surface area contributed by atoms with Crippen molar-refractivity contribution in [2.75, 3.05) is 26.8 Å². The van der Waals surface area contributed by atoms with Crippen molar-refractivity contribution >= 4 is 29.1 Å². The van der Waals surface area contributed by atoms with Crippen LogP contribution in [0.4, 0.5) is 0 Å². The fourth-order valence-electron chi connectivity index (χ4n) is 1.12. The minimum absolute atomic E-state index is 0.0794. The van der Waals surface area contributed by atoms with Gasteiger partial charge in [-0.15, -0.1) is 0 Å². The first-order valence-corrected chi connectivity index (χ1v) is 5.73. The fraction of sp³-hybridized carbons (Fsp3) is 0.364. The van der Waals surface area contributed by atoms with Crippen molar-refractivity contribution in [3.05, 3.63) is 28.2 Å². The van der Waals surface area contributed by atoms with Crippen LogP contribution in [0.3, 0.4) is 0 Å². The molecule has 0 radical (unpaired) electrons. The van der Waals surface area contributed by atoms with Crippen LogP contribution in [-0.2, 0) is 4.79 Å². The van der Waals surface area contributed by atoms with E-state index in [4.69, 9.17) is 33.0 Å². The Labute approximate surface area is 110 Å². The number of benzene rings is 1. The summed E-state index contributed by atoms with van der Waals surface area (Å²) in [4.78, 5) is 12.9. The topological polar surface area (TPSA) is 49.8 Å². The average Bonchev–Trinajstić information content (AvgIpc) is 2.27. The number of likely N-dealkylation sites (N-methyl/N-ethyl adjacent to an activating group) is 1. The molecule has 0 aromatic heterocycles. The van der Waals surface area contributed by atoms with Crippen LogP contribution in [0.25, 0.3) is 0 Å². The van der Waals surface area contributed by atoms with Crippen molar-refractivity contribution in [1.82, 2.24) is 4.90 Å². The molecule has 1 N–H and O–H groups in total. The maximum Gasteiger partial charge on any atom is 0.260 e. The zero-order valence-corrected chi connectivity index (χ0v) is 10.8. The molecule has 1 amide bonds. The number of hydrogen-bond acceptors (Lipinski definition) is 3. The third-order valence-corrected chi connectivity index (χ3v) is 2.64. The molecule has 0 saturated carbocycles. The highest BCUT2D eigenvalue weighted by molar-refractivity contribution is 6.35. The quantitative estimate of drug-likeness (QED) is 0.893. The molecule has 0 aliphatic rings. The Balaban J connectivity index is 2.53. The maximum absolute atomic E-state index is 11.5. The Hall–Kier alpha value is -0.970. The number of carbonyl (C=O) groups excluding carboxylic acids is 1. The molecule has 0 fully saturated rings. The lowest BCUT2D eigenvalue weighted by Gasteiger charge is -2.16. The van der Waals surface area contributed by atoms with Gasteiger partial charge in [0.15, 0.2) is 6.61 Å². The lowest BCUT2D eigenvalue weighted by Crippen LogP contribution is -2.33. The molecule has 94 valence electrons. The van der Waals surface area contributed by atoms with E-state index in [9.17, 15) is 4.79 Å². The van der Waals surface area contributed by atoms with Crippen LogP contribution in [0.2, 0.25) is 10.0 Å². The molecule has 6 heteroatoms. The Kier molecular flexibility index (Phi) is 5.55. The summed E-state index contributed by atoms with van der Waals surface area (Å²) in [6.45, 7) is 0.0678. The van der Waals surface area contributed by atoms with Gasteiger partial charge >= 0.3 is 0 Å². The second-order valence-electron chi connectivity index (χ2n) is 3.40. The first kappa shape index (κ1) is 14.1. The number of aliphatic hydroxyl groups excluding tert-OH is 1. The molecule has 0 atom stereocenters. The van der Waals surface area contributed by atoms with Crippen LogP contribution >= 0.6 is 23.2 Å². The third kappa shape index (κ3) is 4.42. The normalized spacial score (nSPS) is 10.1. The van der Waals surface area contributed by atoms with Crippen molar-refractivity contribution in [3.63, 3.8) is 0 Å². The number of nitrogens with zero attached hydrogens (tertiary/aromatic N) is 1. The molecule has 1 aromatic carbocycles. The zero-order chi connectivity index (χ0) is 12.8. The third-order valence-electron chi connectivity index (χ3n) is 2.11. The van der Waals surface area contributed by atoms with Crippen LogP contribution in [-0.4, -0.2) is 42.7 Å². The van der Waals surface area contributed by atoms with Gasteiger partial charge in [-0.05, 0) is 18.2 Å². The monoisotopic (exact) mass is 277 g/mol. The van der Waals surface area contributed by atoms with Crippen LogP contribution in [0.1, 0.15) is 0 Å². The molecular formula is C11H13Cl2NO3. The molecule has 0 saturated heterocycles. The molecule has 4 nitrogen and oxygen atoms in total. The van der Waals surface area contributed by atoms with E-state index in [0.29, 0.717) is 15.8 Å². The van der Waals surface area contributed by atoms with Crippen molar-refractivity contribution in [1.29, 1.82) is 0 Å². The minimum Gasteiger partial charge on any atom is -0.482 e. The van der Waals surface area contributed by atoms with Crippen LogP contribution in [0.15, 0.2) is 18.2 Å². The van der Waals surface area contributed by atoms with Crippen LogP contribution < -0.4 is 4.74 Å². The minimum atomic E-state index is -0.231. The molecule has 0 spiro atoms. The highest BCUT2D eigenvalue weighted by atomic mass is 35.5. The summed E-state index contributed by atoms with van der Waals surface area (Å²) in [6.07, 6.45) is 0. The van der Waals surface area contributed by atoms with E-state index in [2.05, 4.69) is 0 Å². The average molecular weight is 278 g/mol. The lowest BCUT2D eigenvalue weighted by molar-refractivity contribution is -0.132. The molecular weight excluding hydrogens is 265 g/mol. The highest BCUT2D eigenvalue weighted by Gasteiger charge is 2.10. The van der Waals surface area contributed by atoms with Gasteiger partial charge in [0, 0.05) is 18.6 Å². The van der Waals surface area contributed by atoms with E-state index in [1.54, 1.807) is 25.2 Å². The van der Waals surface area contributed by atoms with Gasteiger partial charge in [0.05, 0.1) is 11.6 Å². The van der Waals surface area contributed by atoms with Gasteiger partial charge < -0.3 is 14.7 Å². The van der Waals surface area contributed by atoms with E-state index < -0.39 is 0 Å². The molecule has 0 unspecified atom stereocenters. The van der Waals surface area contributed by atoms with E-state index in [0.717, 1.165) is 0 Å². The van der Waals surface area contributed by atoms with Crippen LogP contribution in [0.5, 0.6) is 5.75 Å². The number of aliphatic hydroxyl groups is 1. The molecule has 0 bridgehead atoms. The number of carbonyl (C=O) groups is 1. The first-order chi connectivity index (χ1) is 8.04. The number of ether oxygens (including phenoxy) is 1. The molecule has 1 rings (SSSR count). The van der Waals surface area contributed by atoms with Gasteiger partial charge in [-0.3, -0.25) is 4.79 Å². The summed E-state index contributed by atoms with van der Waals surface area (Å²) < 4.78 is 5.26. The van der Waals surface area contributed by atoms with E-state index >= 15 is 0 Å². The molecule has 1 aromatic rings. The largest absolute Gasteiger partial charge is 0.482 e. The number of hydrogen-bond donors (Lipinski definition) is 1. The van der Waals surface area contributed by atoms with E-state index in [-0.39, 0.29) is 25.7 Å². The number of rotatable bonds is 5. The Morgan fingerprint density at radius 1 is 1.47 bits per heavy atom. The van der Waals surface area contributed by atoms with Crippen LogP contribution in [0, 0.1) is 0 Å². The predicted octanol–water partition coefficient (Wildman–Crippen LogP) is 1.82. The summed E-state index contributed by atoms with van der Waals surface area (Å²) in [5.41, 5.74) is 0. The highest BCUT2D eigenvalue weighted by Crippen LogP contribution is 2.27. The van der Waals surface area contributed by atoms with E-state index in [1.807, 2.05) is 0 Å². The zero-order valence-electron chi connectivity index (χ0n) is 9.32. The Morgan fingerprint density at radius 2 is 2.18 bits per heavy atom. The van der Waals surface area contributed by atoms with Gasteiger partial charge in [-0.25, -0.2) is 0 Å². The SMILES string of the molecule is CN(CCO)C(=O)COc1ccc(Cl)cc1Cl. The summed E-state index contributed by atoms with van der Waals surface area (Å²) >= 11 is 11.6. The number of amides is 1. The van der Waals surface area contributed by atoms with Gasteiger partial charge in [0.25, 0.3) is 5.91 Å². The fourth-order valence-corrected chi connectivity index (χ4v) is 1.58. The number of halogens is 2. The standard InChI is InChI=1S/C11H13Cl2NO3/c1-14(4-5-15)11(16)7-17-10-3-2-8(12)6-9(10)13/h2-3,6,15H,4-5,7H2,1H3. The smallest absolute Gasteiger partial charge is 0.260 e. The molecule has 0 aliphatic heterocycles. The Bertz CT molecular complexity index is 398. The summed E-state index contributed by atoms with van der Waals surface area (Å²) in [7, 11) is 1.59. The van der Waals surface area contributed by atoms with Gasteiger partial charge in [0.1, 0.15) is 5.75 Å². The predicted molar refractivity (Wildman–Crippen MR) is 66.7 cm³/mol. The second-order valence-corrected chi connectivity index (χ2v) is 4.25. The summed E-state index contributed by atoms with van der Waals surface area (Å²) in [6, 6.07) is 4.77. The molecule has 17 heavy (non-hydrogen) atoms. The van der Waals surface area contributed by atoms with Crippen molar-refractivity contribution in [2.24, 2.45) is 0 Å². The summed E-state index contributed by atoms with van der Waals surface area (Å²) in [5, 5.41) is 9.54. The molecule has 0 heterocycles. The van der Waals surface area contributed by atoms with Crippen molar-refractivity contribution in [3.8, 4) is 5.75 Å². The van der Waals surface area contributed by atoms with Crippen molar-refractivity contribution in [2.45, 2.75) is 0 Å². The first-order valence-electron chi connectivity index (χ1n) is 4.97. The summed E-state index contributed by atoms with van der Waals surface area (Å²) in [5.74, 6) is 0.173. The Morgan fingerprint density at radius 3 is 2.76 bits per heavy atom. The molecule has 0 aliphatic carbocycles. The van der Waals surface area contributed by atoms with Crippen molar-refractivity contribution < 1.29 is 14.6 Å². The van der Waals surface area contributed by atoms with Gasteiger partial charge in [0.2, 0.25) is 0 Å². The lowest BCUT2D eigenvalue weighted by atomic mass is 10.3. The second kappa shape index (κ2) is 6.69.